The van der Waals surface area contributed by atoms with E-state index in [2.05, 4.69) is 30.6 Å². The van der Waals surface area contributed by atoms with Crippen LogP contribution in [0, 0.1) is 0 Å². The largest absolute Gasteiger partial charge is 0.433 e. The topological polar surface area (TPSA) is 118 Å². The molecule has 0 aliphatic heterocycles. The van der Waals surface area contributed by atoms with Gasteiger partial charge in [0.05, 0.1) is 17.2 Å². The first-order chi connectivity index (χ1) is 11.4. The van der Waals surface area contributed by atoms with Crippen LogP contribution >= 0.6 is 11.8 Å². The van der Waals surface area contributed by atoms with Gasteiger partial charge in [0.1, 0.15) is 0 Å². The molecular formula is C14H28N4O5S2. The van der Waals surface area contributed by atoms with Gasteiger partial charge >= 0.3 is 12.2 Å². The van der Waals surface area contributed by atoms with Gasteiger partial charge in [-0.25, -0.2) is 9.59 Å². The lowest BCUT2D eigenvalue weighted by molar-refractivity contribution is 0.152. The second-order valence-corrected chi connectivity index (χ2v) is 9.01. The second-order valence-electron chi connectivity index (χ2n) is 5.59. The van der Waals surface area contributed by atoms with Crippen LogP contribution in [-0.2, 0) is 20.5 Å². The van der Waals surface area contributed by atoms with Crippen molar-refractivity contribution >= 4 is 47.2 Å². The Morgan fingerprint density at radius 3 is 1.72 bits per heavy atom. The molecule has 0 saturated heterocycles. The van der Waals surface area contributed by atoms with Gasteiger partial charge in [-0.15, -0.1) is 0 Å². The summed E-state index contributed by atoms with van der Waals surface area (Å²) in [5, 5.41) is 11.4. The molecule has 9 nitrogen and oxygen atoms in total. The Balaban J connectivity index is 0. The lowest BCUT2D eigenvalue weighted by Gasteiger charge is -2.13. The summed E-state index contributed by atoms with van der Waals surface area (Å²) >= 11 is 1.63. The fourth-order valence-corrected chi connectivity index (χ4v) is 0.960. The van der Waals surface area contributed by atoms with E-state index in [0.717, 1.165) is 0 Å². The third-order valence-corrected chi connectivity index (χ3v) is 5.42. The molecule has 0 radical (unpaired) electrons. The van der Waals surface area contributed by atoms with E-state index < -0.39 is 27.7 Å². The number of oxime groups is 2. The molecule has 0 aromatic rings. The molecule has 1 atom stereocenters. The predicted octanol–water partition coefficient (Wildman–Crippen LogP) is 1.96. The maximum Gasteiger partial charge on any atom is 0.433 e. The van der Waals surface area contributed by atoms with E-state index in [-0.39, 0.29) is 4.75 Å². The molecule has 0 heterocycles. The molecule has 0 aromatic heterocycles. The van der Waals surface area contributed by atoms with Crippen LogP contribution in [-0.4, -0.2) is 64.9 Å². The minimum absolute atomic E-state index is 0.103. The van der Waals surface area contributed by atoms with Crippen LogP contribution in [0.5, 0.6) is 0 Å². The molecule has 11 heteroatoms. The Kier molecular flexibility index (Phi) is 13.0. The van der Waals surface area contributed by atoms with Gasteiger partial charge in [-0.3, -0.25) is 13.9 Å². The Bertz CT molecular complexity index is 507. The van der Waals surface area contributed by atoms with Gasteiger partial charge < -0.3 is 10.6 Å². The maximum atomic E-state index is 11.1. The molecule has 0 fully saturated rings. The van der Waals surface area contributed by atoms with E-state index in [1.165, 1.54) is 20.3 Å². The molecule has 0 bridgehead atoms. The minimum Gasteiger partial charge on any atom is -0.323 e. The third-order valence-electron chi connectivity index (χ3n) is 2.67. The highest BCUT2D eigenvalue weighted by Crippen LogP contribution is 2.17. The van der Waals surface area contributed by atoms with Crippen LogP contribution in [0.15, 0.2) is 10.3 Å². The van der Waals surface area contributed by atoms with Crippen LogP contribution in [0.3, 0.4) is 0 Å². The van der Waals surface area contributed by atoms with Gasteiger partial charge in [0.25, 0.3) is 0 Å². The van der Waals surface area contributed by atoms with E-state index in [4.69, 9.17) is 0 Å². The maximum absolute atomic E-state index is 11.1. The first-order valence-corrected chi connectivity index (χ1v) is 9.95. The molecule has 0 aliphatic carbocycles. The summed E-state index contributed by atoms with van der Waals surface area (Å²) < 4.78 is 10.4. The van der Waals surface area contributed by atoms with Crippen LogP contribution in [0.4, 0.5) is 9.59 Å². The number of thioether (sulfide) groups is 1. The number of carbonyl (C=O) groups excluding carboxylic acids is 2. The molecule has 2 N–H and O–H groups in total. The van der Waals surface area contributed by atoms with Crippen molar-refractivity contribution in [1.82, 2.24) is 10.6 Å². The third kappa shape index (κ3) is 14.4. The number of rotatable bonds is 6. The quantitative estimate of drug-likeness (QED) is 0.402. The molecule has 0 aliphatic rings. The van der Waals surface area contributed by atoms with E-state index in [1.54, 1.807) is 38.1 Å². The molecule has 2 amide bonds. The molecule has 1 unspecified atom stereocenters. The standard InChI is InChI=1S/C7H14N2O3S.C7H14N2O2S/c1-7(2,13(4)11)5-9-12-6(10)8-3;1-7(2,12-4)5-9-11-6(10)8-3/h5H,1-4H3,(H,8,10);5H,1-4H3,(H,8,10)/b2*9-5+. The first-order valence-electron chi connectivity index (χ1n) is 7.17. The van der Waals surface area contributed by atoms with E-state index in [1.807, 2.05) is 20.1 Å². The Labute approximate surface area is 155 Å². The van der Waals surface area contributed by atoms with Crippen molar-refractivity contribution < 1.29 is 23.5 Å². The summed E-state index contributed by atoms with van der Waals surface area (Å²) in [4.78, 5) is 29.9. The van der Waals surface area contributed by atoms with E-state index in [0.29, 0.717) is 0 Å². The number of amides is 2. The average molecular weight is 397 g/mol. The molecule has 0 aromatic carbocycles. The normalized spacial score (nSPS) is 13.0. The van der Waals surface area contributed by atoms with Crippen LogP contribution in [0.2, 0.25) is 0 Å². The van der Waals surface area contributed by atoms with Crippen molar-refractivity contribution in [3.63, 3.8) is 0 Å². The second kappa shape index (κ2) is 12.7. The van der Waals surface area contributed by atoms with Crippen molar-refractivity contribution in [1.29, 1.82) is 0 Å². The van der Waals surface area contributed by atoms with Crippen molar-refractivity contribution in [3.8, 4) is 0 Å². The predicted molar refractivity (Wildman–Crippen MR) is 104 cm³/mol. The van der Waals surface area contributed by atoms with Gasteiger partial charge in [-0.05, 0) is 34.0 Å². The number of nitrogens with one attached hydrogen (secondary N) is 2. The van der Waals surface area contributed by atoms with Crippen molar-refractivity contribution in [3.05, 3.63) is 0 Å². The highest BCUT2D eigenvalue weighted by Gasteiger charge is 2.20. The Morgan fingerprint density at radius 2 is 1.40 bits per heavy atom. The van der Waals surface area contributed by atoms with Gasteiger partial charge in [-0.2, -0.15) is 11.8 Å². The van der Waals surface area contributed by atoms with Crippen molar-refractivity contribution in [2.24, 2.45) is 10.3 Å². The summed E-state index contributed by atoms with van der Waals surface area (Å²) in [5.74, 6) is 0. The Morgan fingerprint density at radius 1 is 1.00 bits per heavy atom. The molecule has 0 rings (SSSR count). The molecule has 0 saturated carbocycles. The average Bonchev–Trinajstić information content (AvgIpc) is 2.54. The van der Waals surface area contributed by atoms with Gasteiger partial charge in [-0.1, -0.05) is 10.3 Å². The zero-order valence-corrected chi connectivity index (χ0v) is 17.5. The molecule has 146 valence electrons. The monoisotopic (exact) mass is 396 g/mol. The minimum atomic E-state index is -1.05. The van der Waals surface area contributed by atoms with Crippen LogP contribution in [0.1, 0.15) is 27.7 Å². The summed E-state index contributed by atoms with van der Waals surface area (Å²) in [6.07, 6.45) is 5.26. The van der Waals surface area contributed by atoms with Crippen molar-refractivity contribution in [2.45, 2.75) is 37.2 Å². The lowest BCUT2D eigenvalue weighted by atomic mass is 10.2. The number of carbonyl (C=O) groups is 2. The zero-order valence-electron chi connectivity index (χ0n) is 15.9. The zero-order chi connectivity index (χ0) is 20.1. The van der Waals surface area contributed by atoms with Gasteiger partial charge in [0, 0.05) is 35.9 Å². The molecule has 25 heavy (non-hydrogen) atoms. The molecular weight excluding hydrogens is 368 g/mol. The first kappa shape index (κ1) is 25.6. The summed E-state index contributed by atoms with van der Waals surface area (Å²) in [5.41, 5.74) is 0. The number of nitrogens with zero attached hydrogens (tertiary/aromatic N) is 2. The lowest BCUT2D eigenvalue weighted by Crippen LogP contribution is -2.28. The smallest absolute Gasteiger partial charge is 0.323 e. The summed E-state index contributed by atoms with van der Waals surface area (Å²) in [7, 11) is 1.86. The number of hydrogen-bond donors (Lipinski definition) is 2. The Hall–Kier alpha value is -1.62. The fraction of sp³-hybridized carbons (Fsp3) is 0.714. The summed E-state index contributed by atoms with van der Waals surface area (Å²) in [6.45, 7) is 7.43. The number of hydrogen-bond acceptors (Lipinski definition) is 8. The van der Waals surface area contributed by atoms with Crippen molar-refractivity contribution in [2.75, 3.05) is 26.6 Å². The van der Waals surface area contributed by atoms with Gasteiger partial charge in [0.2, 0.25) is 0 Å². The highest BCUT2D eigenvalue weighted by molar-refractivity contribution is 8.00. The van der Waals surface area contributed by atoms with E-state index in [9.17, 15) is 13.8 Å². The fourth-order valence-electron chi connectivity index (χ4n) is 0.621. The van der Waals surface area contributed by atoms with Crippen LogP contribution < -0.4 is 10.6 Å². The summed E-state index contributed by atoms with van der Waals surface area (Å²) in [6, 6.07) is 0. The highest BCUT2D eigenvalue weighted by atomic mass is 32.2. The van der Waals surface area contributed by atoms with E-state index >= 15 is 0 Å². The van der Waals surface area contributed by atoms with Gasteiger partial charge in [0.15, 0.2) is 0 Å². The molecule has 0 spiro atoms. The SMILES string of the molecule is CNC(=O)O/N=C/C(C)(C)S(C)=O.CNC(=O)O/N=C/C(C)(C)SC. The van der Waals surface area contributed by atoms with Crippen LogP contribution in [0.25, 0.3) is 0 Å².